The van der Waals surface area contributed by atoms with Gasteiger partial charge in [0.2, 0.25) is 11.6 Å². The first-order chi connectivity index (χ1) is 21.5. The Kier molecular flexibility index (Phi) is 14.3. The summed E-state index contributed by atoms with van der Waals surface area (Å²) in [5.74, 6) is 7.27. The van der Waals surface area contributed by atoms with Crippen LogP contribution in [0.2, 0.25) is 0 Å². The molecule has 0 bridgehead atoms. The van der Waals surface area contributed by atoms with Crippen molar-refractivity contribution in [1.29, 1.82) is 0 Å². The van der Waals surface area contributed by atoms with Crippen LogP contribution in [0.1, 0.15) is 140 Å². The molecular weight excluding hydrogens is 557 g/mol. The summed E-state index contributed by atoms with van der Waals surface area (Å²) >= 11 is 0. The topological polar surface area (TPSA) is 18.5 Å². The Balaban J connectivity index is 1.13. The van der Waals surface area contributed by atoms with Crippen LogP contribution >= 0.6 is 0 Å². The van der Waals surface area contributed by atoms with Crippen LogP contribution in [0.3, 0.4) is 0 Å². The Morgan fingerprint density at radius 1 is 0.705 bits per heavy atom. The second kappa shape index (κ2) is 18.4. The van der Waals surface area contributed by atoms with Crippen molar-refractivity contribution in [3.05, 3.63) is 59.2 Å². The molecule has 2 aliphatic carbocycles. The molecule has 4 rings (SSSR count). The van der Waals surface area contributed by atoms with Crippen LogP contribution in [0, 0.1) is 41.2 Å². The van der Waals surface area contributed by atoms with E-state index in [1.165, 1.54) is 88.3 Å². The van der Waals surface area contributed by atoms with E-state index in [-0.39, 0.29) is 31.1 Å². The minimum absolute atomic E-state index is 0.0537. The van der Waals surface area contributed by atoms with Crippen LogP contribution in [0.4, 0.5) is 13.2 Å². The molecule has 2 fully saturated rings. The quantitative estimate of drug-likeness (QED) is 0.148. The molecule has 242 valence electrons. The van der Waals surface area contributed by atoms with Crippen molar-refractivity contribution in [1.82, 2.24) is 0 Å². The van der Waals surface area contributed by atoms with Gasteiger partial charge >= 0.3 is 0 Å². The van der Waals surface area contributed by atoms with Crippen molar-refractivity contribution >= 4 is 0 Å². The molecule has 0 N–H and O–H groups in total. The van der Waals surface area contributed by atoms with Gasteiger partial charge in [0.15, 0.2) is 11.5 Å². The van der Waals surface area contributed by atoms with Gasteiger partial charge in [-0.05, 0) is 93.4 Å². The highest BCUT2D eigenvalue weighted by Gasteiger charge is 2.23. The molecule has 5 heteroatoms. The molecule has 0 aliphatic heterocycles. The Bertz CT molecular complexity index is 1170. The Labute approximate surface area is 264 Å². The molecule has 0 heterocycles. The summed E-state index contributed by atoms with van der Waals surface area (Å²) in [4.78, 5) is 0. The number of hydrogen-bond donors (Lipinski definition) is 0. The zero-order valence-electron chi connectivity index (χ0n) is 27.0. The van der Waals surface area contributed by atoms with Gasteiger partial charge in [0.25, 0.3) is 0 Å². The molecule has 2 aliphatic rings. The van der Waals surface area contributed by atoms with E-state index < -0.39 is 17.8 Å². The average Bonchev–Trinajstić information content (AvgIpc) is 3.06. The first-order valence-electron chi connectivity index (χ1n) is 17.5. The lowest BCUT2D eigenvalue weighted by atomic mass is 9.77. The van der Waals surface area contributed by atoms with Gasteiger partial charge in [0.05, 0.1) is 13.2 Å². The van der Waals surface area contributed by atoms with Gasteiger partial charge in [0, 0.05) is 18.3 Å². The van der Waals surface area contributed by atoms with Gasteiger partial charge in [-0.25, -0.2) is 4.39 Å². The highest BCUT2D eigenvalue weighted by Crippen LogP contribution is 2.37. The second-order valence-corrected chi connectivity index (χ2v) is 13.0. The predicted octanol–water partition coefficient (Wildman–Crippen LogP) is 11.7. The third-order valence-corrected chi connectivity index (χ3v) is 9.74. The van der Waals surface area contributed by atoms with E-state index in [2.05, 4.69) is 18.8 Å². The molecule has 0 spiro atoms. The molecular formula is C39H53F3O2. The number of hydrogen-bond acceptors (Lipinski definition) is 2. The number of unbranched alkanes of at least 4 members (excludes halogenated alkanes) is 5. The van der Waals surface area contributed by atoms with Crippen LogP contribution < -0.4 is 9.47 Å². The van der Waals surface area contributed by atoms with E-state index in [4.69, 9.17) is 9.47 Å². The molecule has 0 saturated heterocycles. The predicted molar refractivity (Wildman–Crippen MR) is 174 cm³/mol. The largest absolute Gasteiger partial charge is 0.491 e. The second-order valence-electron chi connectivity index (χ2n) is 13.0. The Morgan fingerprint density at radius 3 is 1.89 bits per heavy atom. The lowest BCUT2D eigenvalue weighted by Gasteiger charge is -2.27. The summed E-state index contributed by atoms with van der Waals surface area (Å²) in [5, 5.41) is 0. The van der Waals surface area contributed by atoms with Gasteiger partial charge < -0.3 is 9.47 Å². The molecule has 2 aromatic carbocycles. The van der Waals surface area contributed by atoms with E-state index >= 15 is 0 Å². The van der Waals surface area contributed by atoms with Gasteiger partial charge in [-0.3, -0.25) is 0 Å². The lowest BCUT2D eigenvalue weighted by Crippen LogP contribution is -2.15. The van der Waals surface area contributed by atoms with E-state index in [0.29, 0.717) is 23.3 Å². The Hall–Kier alpha value is -2.61. The number of benzene rings is 2. The standard InChI is InChI=1S/C39H53F3O2/c1-3-5-6-7-8-9-10-29-11-13-30(14-12-29)15-16-31-17-19-32(20-18-31)33-21-23-34(24-22-33)35(40)27-28-44-37-26-25-36(43-4-2)38(41)39(37)42/h21-26,29-32,35H,3-14,17-20,27-28H2,1-2H3. The number of ether oxygens (including phenoxy) is 2. The molecule has 0 amide bonds. The maximum Gasteiger partial charge on any atom is 0.204 e. The summed E-state index contributed by atoms with van der Waals surface area (Å²) in [7, 11) is 0. The highest BCUT2D eigenvalue weighted by atomic mass is 19.2. The minimum atomic E-state index is -1.24. The smallest absolute Gasteiger partial charge is 0.204 e. The number of rotatable bonds is 15. The normalized spacial score (nSPS) is 22.6. The van der Waals surface area contributed by atoms with Gasteiger partial charge in [-0.15, -0.1) is 0 Å². The van der Waals surface area contributed by atoms with Crippen molar-refractivity contribution in [3.63, 3.8) is 0 Å². The zero-order chi connectivity index (χ0) is 31.1. The maximum atomic E-state index is 14.9. The SMILES string of the molecule is CCCCCCCCC1CCC(C#CC2CCC(c3ccc(C(F)CCOc4ccc(OCC)c(F)c4F)cc3)CC2)CC1. The van der Waals surface area contributed by atoms with E-state index in [1.54, 1.807) is 6.92 Å². The van der Waals surface area contributed by atoms with E-state index in [0.717, 1.165) is 31.6 Å². The summed E-state index contributed by atoms with van der Waals surface area (Å²) in [6.07, 6.45) is 18.4. The number of alkyl halides is 1. The fraction of sp³-hybridized carbons (Fsp3) is 0.641. The van der Waals surface area contributed by atoms with Crippen LogP contribution in [-0.4, -0.2) is 13.2 Å². The summed E-state index contributed by atoms with van der Waals surface area (Å²) in [6, 6.07) is 10.4. The van der Waals surface area contributed by atoms with Gasteiger partial charge in [0.1, 0.15) is 6.17 Å². The number of halogens is 3. The van der Waals surface area contributed by atoms with Crippen molar-refractivity contribution in [2.75, 3.05) is 13.2 Å². The van der Waals surface area contributed by atoms with Crippen LogP contribution in [0.15, 0.2) is 36.4 Å². The van der Waals surface area contributed by atoms with E-state index in [1.807, 2.05) is 24.3 Å². The van der Waals surface area contributed by atoms with Crippen LogP contribution in [-0.2, 0) is 0 Å². The summed E-state index contributed by atoms with van der Waals surface area (Å²) < 4.78 is 53.5. The van der Waals surface area contributed by atoms with Crippen molar-refractivity contribution in [2.24, 2.45) is 17.8 Å². The minimum Gasteiger partial charge on any atom is -0.491 e. The van der Waals surface area contributed by atoms with Crippen LogP contribution in [0.25, 0.3) is 0 Å². The van der Waals surface area contributed by atoms with Gasteiger partial charge in [-0.2, -0.15) is 8.78 Å². The monoisotopic (exact) mass is 610 g/mol. The zero-order valence-corrected chi connectivity index (χ0v) is 27.0. The van der Waals surface area contributed by atoms with Crippen molar-refractivity contribution < 1.29 is 22.6 Å². The van der Waals surface area contributed by atoms with Crippen molar-refractivity contribution in [3.8, 4) is 23.3 Å². The molecule has 1 atom stereocenters. The van der Waals surface area contributed by atoms with E-state index in [9.17, 15) is 13.2 Å². The first kappa shape index (κ1) is 34.3. The maximum absolute atomic E-state index is 14.9. The van der Waals surface area contributed by atoms with Crippen molar-refractivity contribution in [2.45, 2.75) is 129 Å². The Morgan fingerprint density at radius 2 is 1.27 bits per heavy atom. The van der Waals surface area contributed by atoms with Crippen LogP contribution in [0.5, 0.6) is 11.5 Å². The molecule has 2 nitrogen and oxygen atoms in total. The molecule has 1 unspecified atom stereocenters. The third-order valence-electron chi connectivity index (χ3n) is 9.74. The molecule has 44 heavy (non-hydrogen) atoms. The average molecular weight is 611 g/mol. The fourth-order valence-electron chi connectivity index (χ4n) is 6.92. The summed E-state index contributed by atoms with van der Waals surface area (Å²) in [5.41, 5.74) is 1.84. The molecule has 2 saturated carbocycles. The molecule has 2 aromatic rings. The lowest BCUT2D eigenvalue weighted by molar-refractivity contribution is 0.227. The first-order valence-corrected chi connectivity index (χ1v) is 17.5. The summed E-state index contributed by atoms with van der Waals surface area (Å²) in [6.45, 7) is 4.15. The highest BCUT2D eigenvalue weighted by molar-refractivity contribution is 5.35. The fourth-order valence-corrected chi connectivity index (χ4v) is 6.92. The third kappa shape index (κ3) is 10.5. The molecule has 0 radical (unpaired) electrons. The molecule has 0 aromatic heterocycles. The van der Waals surface area contributed by atoms with Gasteiger partial charge in [-0.1, -0.05) is 88.0 Å².